The standard InChI is InChI=1S/C17H18N2O3/c1-11-8-9-16(22-3)14(10-11)12(2)18-19-15-7-5-4-6-13(15)17(20)21/h4-10,19H,1-3H3,(H,20,21)/b18-12+. The van der Waals surface area contributed by atoms with Gasteiger partial charge in [0.25, 0.3) is 0 Å². The van der Waals surface area contributed by atoms with Crippen molar-refractivity contribution < 1.29 is 14.6 Å². The number of benzene rings is 2. The molecule has 0 aliphatic heterocycles. The first-order chi connectivity index (χ1) is 10.5. The molecule has 5 heteroatoms. The lowest BCUT2D eigenvalue weighted by atomic mass is 10.1. The minimum atomic E-state index is -0.996. The first-order valence-corrected chi connectivity index (χ1v) is 6.80. The van der Waals surface area contributed by atoms with Crippen LogP contribution >= 0.6 is 0 Å². The van der Waals surface area contributed by atoms with Crippen LogP contribution in [0.4, 0.5) is 5.69 Å². The Kier molecular flexibility index (Phi) is 4.78. The molecule has 0 heterocycles. The van der Waals surface area contributed by atoms with Gasteiger partial charge < -0.3 is 9.84 Å². The Morgan fingerprint density at radius 3 is 2.59 bits per heavy atom. The Bertz CT molecular complexity index is 724. The van der Waals surface area contributed by atoms with E-state index >= 15 is 0 Å². The molecule has 114 valence electrons. The largest absolute Gasteiger partial charge is 0.496 e. The van der Waals surface area contributed by atoms with Gasteiger partial charge in [-0.05, 0) is 38.1 Å². The van der Waals surface area contributed by atoms with E-state index in [9.17, 15) is 4.79 Å². The van der Waals surface area contributed by atoms with Crippen LogP contribution in [0.15, 0.2) is 47.6 Å². The fraction of sp³-hybridized carbons (Fsp3) is 0.176. The van der Waals surface area contributed by atoms with Gasteiger partial charge in [-0.3, -0.25) is 5.43 Å². The van der Waals surface area contributed by atoms with Gasteiger partial charge >= 0.3 is 5.97 Å². The van der Waals surface area contributed by atoms with Crippen molar-refractivity contribution in [3.05, 3.63) is 59.2 Å². The number of carboxylic acids is 1. The topological polar surface area (TPSA) is 70.9 Å². The third-order valence-corrected chi connectivity index (χ3v) is 3.25. The lowest BCUT2D eigenvalue weighted by Crippen LogP contribution is -2.06. The Morgan fingerprint density at radius 2 is 1.91 bits per heavy atom. The van der Waals surface area contributed by atoms with Gasteiger partial charge in [-0.2, -0.15) is 5.10 Å². The van der Waals surface area contributed by atoms with E-state index in [0.29, 0.717) is 11.4 Å². The van der Waals surface area contributed by atoms with E-state index in [1.807, 2.05) is 32.0 Å². The average molecular weight is 298 g/mol. The number of para-hydroxylation sites is 1. The first-order valence-electron chi connectivity index (χ1n) is 6.80. The van der Waals surface area contributed by atoms with E-state index in [-0.39, 0.29) is 5.56 Å². The Morgan fingerprint density at radius 1 is 1.18 bits per heavy atom. The molecule has 0 aromatic heterocycles. The number of carboxylic acid groups (broad SMARTS) is 1. The molecule has 0 saturated carbocycles. The lowest BCUT2D eigenvalue weighted by Gasteiger charge is -2.10. The molecule has 0 radical (unpaired) electrons. The molecule has 0 saturated heterocycles. The molecule has 0 spiro atoms. The summed E-state index contributed by atoms with van der Waals surface area (Å²) in [6, 6.07) is 12.5. The van der Waals surface area contributed by atoms with Gasteiger partial charge in [-0.1, -0.05) is 23.8 Å². The number of nitrogens with one attached hydrogen (secondary N) is 1. The number of carbonyl (C=O) groups is 1. The number of nitrogens with zero attached hydrogens (tertiary/aromatic N) is 1. The first kappa shape index (κ1) is 15.6. The molecule has 0 aliphatic rings. The summed E-state index contributed by atoms with van der Waals surface area (Å²) < 4.78 is 5.33. The van der Waals surface area contributed by atoms with Crippen molar-refractivity contribution in [3.63, 3.8) is 0 Å². The highest BCUT2D eigenvalue weighted by Crippen LogP contribution is 2.21. The number of rotatable bonds is 5. The highest BCUT2D eigenvalue weighted by molar-refractivity contribution is 6.02. The number of anilines is 1. The summed E-state index contributed by atoms with van der Waals surface area (Å²) in [7, 11) is 1.61. The van der Waals surface area contributed by atoms with Crippen LogP contribution in [0.2, 0.25) is 0 Å². The molecule has 0 amide bonds. The van der Waals surface area contributed by atoms with Crippen LogP contribution in [0, 0.1) is 6.92 Å². The number of hydrazone groups is 1. The summed E-state index contributed by atoms with van der Waals surface area (Å²) >= 11 is 0. The molecule has 2 aromatic carbocycles. The summed E-state index contributed by atoms with van der Waals surface area (Å²) in [4.78, 5) is 11.2. The van der Waals surface area contributed by atoms with Crippen molar-refractivity contribution in [2.45, 2.75) is 13.8 Å². The van der Waals surface area contributed by atoms with Crippen LogP contribution in [0.5, 0.6) is 5.75 Å². The molecule has 22 heavy (non-hydrogen) atoms. The van der Waals surface area contributed by atoms with Gasteiger partial charge in [0.05, 0.1) is 24.1 Å². The molecule has 0 fully saturated rings. The molecule has 0 atom stereocenters. The number of ether oxygens (including phenoxy) is 1. The zero-order valence-electron chi connectivity index (χ0n) is 12.8. The lowest BCUT2D eigenvalue weighted by molar-refractivity contribution is 0.0698. The van der Waals surface area contributed by atoms with Gasteiger partial charge in [-0.25, -0.2) is 4.79 Å². The summed E-state index contributed by atoms with van der Waals surface area (Å²) in [6.07, 6.45) is 0. The summed E-state index contributed by atoms with van der Waals surface area (Å²) in [5.74, 6) is -0.274. The third kappa shape index (κ3) is 3.44. The number of hydrogen-bond acceptors (Lipinski definition) is 4. The van der Waals surface area contributed by atoms with Crippen LogP contribution in [-0.2, 0) is 0 Å². The molecule has 2 N–H and O–H groups in total. The van der Waals surface area contributed by atoms with E-state index in [0.717, 1.165) is 16.9 Å². The fourth-order valence-corrected chi connectivity index (χ4v) is 2.08. The smallest absolute Gasteiger partial charge is 0.337 e. The van der Waals surface area contributed by atoms with E-state index in [1.54, 1.807) is 25.3 Å². The van der Waals surface area contributed by atoms with Gasteiger partial charge in [0, 0.05) is 5.56 Å². The van der Waals surface area contributed by atoms with Crippen molar-refractivity contribution in [2.75, 3.05) is 12.5 Å². The normalized spacial score (nSPS) is 11.1. The molecule has 0 unspecified atom stereocenters. The van der Waals surface area contributed by atoms with E-state index in [1.165, 1.54) is 6.07 Å². The maximum absolute atomic E-state index is 11.2. The van der Waals surface area contributed by atoms with Gasteiger partial charge in [0.2, 0.25) is 0 Å². The van der Waals surface area contributed by atoms with Crippen LogP contribution in [0.25, 0.3) is 0 Å². The molecule has 2 rings (SSSR count). The summed E-state index contributed by atoms with van der Waals surface area (Å²) in [5.41, 5.74) is 6.10. The SMILES string of the molecule is COc1ccc(C)cc1/C(C)=N/Nc1ccccc1C(=O)O. The second-order valence-corrected chi connectivity index (χ2v) is 4.86. The second kappa shape index (κ2) is 6.76. The highest BCUT2D eigenvalue weighted by atomic mass is 16.5. The van der Waals surface area contributed by atoms with Crippen molar-refractivity contribution in [1.29, 1.82) is 0 Å². The van der Waals surface area contributed by atoms with Crippen molar-refractivity contribution in [1.82, 2.24) is 0 Å². The average Bonchev–Trinajstić information content (AvgIpc) is 2.52. The summed E-state index contributed by atoms with van der Waals surface area (Å²) in [6.45, 7) is 3.83. The van der Waals surface area contributed by atoms with Gasteiger partial charge in [0.1, 0.15) is 5.75 Å². The van der Waals surface area contributed by atoms with E-state index < -0.39 is 5.97 Å². The Balaban J connectivity index is 2.31. The van der Waals surface area contributed by atoms with Crippen LogP contribution < -0.4 is 10.2 Å². The highest BCUT2D eigenvalue weighted by Gasteiger charge is 2.10. The van der Waals surface area contributed by atoms with E-state index in [4.69, 9.17) is 9.84 Å². The van der Waals surface area contributed by atoms with Crippen LogP contribution in [0.3, 0.4) is 0 Å². The van der Waals surface area contributed by atoms with Crippen molar-refractivity contribution in [3.8, 4) is 5.75 Å². The Hall–Kier alpha value is -2.82. The van der Waals surface area contributed by atoms with Gasteiger partial charge in [-0.15, -0.1) is 0 Å². The summed E-state index contributed by atoms with van der Waals surface area (Å²) in [5, 5.41) is 13.4. The molecular weight excluding hydrogens is 280 g/mol. The minimum absolute atomic E-state index is 0.176. The number of aromatic carboxylic acids is 1. The molecule has 0 aliphatic carbocycles. The quantitative estimate of drug-likeness (QED) is 0.654. The third-order valence-electron chi connectivity index (χ3n) is 3.25. The van der Waals surface area contributed by atoms with Crippen LogP contribution in [-0.4, -0.2) is 23.9 Å². The Labute approximate surface area is 129 Å². The maximum Gasteiger partial charge on any atom is 0.337 e. The second-order valence-electron chi connectivity index (χ2n) is 4.86. The number of hydrogen-bond donors (Lipinski definition) is 2. The monoisotopic (exact) mass is 298 g/mol. The van der Waals surface area contributed by atoms with E-state index in [2.05, 4.69) is 10.5 Å². The zero-order valence-corrected chi connectivity index (χ0v) is 12.8. The van der Waals surface area contributed by atoms with Crippen LogP contribution in [0.1, 0.15) is 28.4 Å². The van der Waals surface area contributed by atoms with Gasteiger partial charge in [0.15, 0.2) is 0 Å². The minimum Gasteiger partial charge on any atom is -0.496 e. The van der Waals surface area contributed by atoms with Crippen molar-refractivity contribution >= 4 is 17.4 Å². The zero-order chi connectivity index (χ0) is 16.1. The molecule has 2 aromatic rings. The predicted octanol–water partition coefficient (Wildman–Crippen LogP) is 3.54. The number of aryl methyl sites for hydroxylation is 1. The predicted molar refractivity (Wildman–Crippen MR) is 87.0 cm³/mol. The fourth-order valence-electron chi connectivity index (χ4n) is 2.08. The molecule has 0 bridgehead atoms. The molecular formula is C17H18N2O3. The van der Waals surface area contributed by atoms with Crippen molar-refractivity contribution in [2.24, 2.45) is 5.10 Å². The molecule has 5 nitrogen and oxygen atoms in total. The number of methoxy groups -OCH3 is 1. The maximum atomic E-state index is 11.2.